The summed E-state index contributed by atoms with van der Waals surface area (Å²) < 4.78 is 6.74. The second-order valence-corrected chi connectivity index (χ2v) is 5.46. The Kier molecular flexibility index (Phi) is 4.72. The van der Waals surface area contributed by atoms with E-state index in [0.717, 1.165) is 38.5 Å². The Morgan fingerprint density at radius 2 is 2.05 bits per heavy atom. The minimum absolute atomic E-state index is 0.429. The van der Waals surface area contributed by atoms with Crippen molar-refractivity contribution < 1.29 is 4.74 Å². The average Bonchev–Trinajstić information content (AvgIpc) is 2.40. The van der Waals surface area contributed by atoms with E-state index in [1.807, 2.05) is 36.4 Å². The Bertz CT molecular complexity index is 566. The van der Waals surface area contributed by atoms with Crippen LogP contribution >= 0.6 is 27.5 Å². The highest BCUT2D eigenvalue weighted by molar-refractivity contribution is 9.10. The fourth-order valence-corrected chi connectivity index (χ4v) is 2.54. The predicted molar refractivity (Wildman–Crippen MR) is 83.7 cm³/mol. The van der Waals surface area contributed by atoms with E-state index in [-0.39, 0.29) is 0 Å². The minimum atomic E-state index is 0.429. The van der Waals surface area contributed by atoms with E-state index in [9.17, 15) is 0 Å². The summed E-state index contributed by atoms with van der Waals surface area (Å²) in [6, 6.07) is 11.4. The van der Waals surface area contributed by atoms with Crippen LogP contribution in [0.2, 0.25) is 5.02 Å². The van der Waals surface area contributed by atoms with Crippen molar-refractivity contribution in [2.45, 2.75) is 20.0 Å². The number of nitrogens with two attached hydrogens (primary N) is 1. The van der Waals surface area contributed by atoms with Crippen LogP contribution in [-0.2, 0) is 13.0 Å². The Balaban J connectivity index is 2.15. The number of rotatable bonds is 4. The first kappa shape index (κ1) is 14.2. The second kappa shape index (κ2) is 6.31. The van der Waals surface area contributed by atoms with E-state index >= 15 is 0 Å². The molecule has 2 aromatic rings. The van der Waals surface area contributed by atoms with Crippen molar-refractivity contribution >= 4 is 33.2 Å². The highest BCUT2D eigenvalue weighted by atomic mass is 79.9. The molecule has 0 saturated carbocycles. The Morgan fingerprint density at radius 1 is 1.26 bits per heavy atom. The lowest BCUT2D eigenvalue weighted by molar-refractivity contribution is 0.306. The first-order valence-corrected chi connectivity index (χ1v) is 7.23. The van der Waals surface area contributed by atoms with Crippen LogP contribution in [0.1, 0.15) is 18.1 Å². The summed E-state index contributed by atoms with van der Waals surface area (Å²) >= 11 is 9.56. The highest BCUT2D eigenvalue weighted by Gasteiger charge is 2.06. The number of aryl methyl sites for hydroxylation is 1. The molecule has 0 fully saturated rings. The number of ether oxygens (including phenoxy) is 1. The number of benzene rings is 2. The number of halogens is 2. The number of anilines is 1. The SMILES string of the molecule is CCc1cc(OCc2c(N)cccc2Br)ccc1Cl. The van der Waals surface area contributed by atoms with Gasteiger partial charge in [-0.1, -0.05) is 40.5 Å². The molecule has 0 spiro atoms. The van der Waals surface area contributed by atoms with Crippen LogP contribution in [-0.4, -0.2) is 0 Å². The van der Waals surface area contributed by atoms with Gasteiger partial charge in [0.1, 0.15) is 12.4 Å². The van der Waals surface area contributed by atoms with E-state index in [2.05, 4.69) is 22.9 Å². The van der Waals surface area contributed by atoms with E-state index in [0.29, 0.717) is 6.61 Å². The molecule has 2 nitrogen and oxygen atoms in total. The monoisotopic (exact) mass is 339 g/mol. The summed E-state index contributed by atoms with van der Waals surface area (Å²) in [6.45, 7) is 2.49. The Morgan fingerprint density at radius 3 is 2.74 bits per heavy atom. The van der Waals surface area contributed by atoms with Crippen LogP contribution in [0.3, 0.4) is 0 Å². The normalized spacial score (nSPS) is 10.5. The first-order valence-electron chi connectivity index (χ1n) is 6.06. The summed E-state index contributed by atoms with van der Waals surface area (Å²) in [6.07, 6.45) is 0.882. The van der Waals surface area contributed by atoms with Gasteiger partial charge in [-0.3, -0.25) is 0 Å². The van der Waals surface area contributed by atoms with Crippen molar-refractivity contribution in [3.8, 4) is 5.75 Å². The van der Waals surface area contributed by atoms with Crippen LogP contribution < -0.4 is 10.5 Å². The molecular weight excluding hydrogens is 326 g/mol. The molecule has 0 radical (unpaired) electrons. The van der Waals surface area contributed by atoms with E-state index in [1.165, 1.54) is 0 Å². The quantitative estimate of drug-likeness (QED) is 0.809. The molecule has 0 aromatic heterocycles. The minimum Gasteiger partial charge on any atom is -0.489 e. The maximum absolute atomic E-state index is 6.08. The Labute approximate surface area is 126 Å². The standard InChI is InChI=1S/C15H15BrClNO/c1-2-10-8-11(6-7-14(10)17)19-9-12-13(16)4-3-5-15(12)18/h3-8H,2,9,18H2,1H3. The fourth-order valence-electron chi connectivity index (χ4n) is 1.79. The molecule has 0 saturated heterocycles. The van der Waals surface area contributed by atoms with Gasteiger partial charge < -0.3 is 10.5 Å². The first-order chi connectivity index (χ1) is 9.11. The highest BCUT2D eigenvalue weighted by Crippen LogP contribution is 2.26. The van der Waals surface area contributed by atoms with E-state index in [4.69, 9.17) is 22.1 Å². The average molecular weight is 341 g/mol. The van der Waals surface area contributed by atoms with Gasteiger partial charge in [-0.2, -0.15) is 0 Å². The number of nitrogen functional groups attached to an aromatic ring is 1. The van der Waals surface area contributed by atoms with Gasteiger partial charge in [0.2, 0.25) is 0 Å². The molecule has 2 rings (SSSR count). The van der Waals surface area contributed by atoms with Gasteiger partial charge in [0.15, 0.2) is 0 Å². The van der Waals surface area contributed by atoms with Crippen LogP contribution in [0.4, 0.5) is 5.69 Å². The van der Waals surface area contributed by atoms with Crippen molar-refractivity contribution in [1.82, 2.24) is 0 Å². The molecular formula is C15H15BrClNO. The summed E-state index contributed by atoms with van der Waals surface area (Å²) in [5.41, 5.74) is 8.69. The largest absolute Gasteiger partial charge is 0.489 e. The van der Waals surface area contributed by atoms with Gasteiger partial charge in [-0.05, 0) is 42.3 Å². The van der Waals surface area contributed by atoms with Crippen LogP contribution in [0, 0.1) is 0 Å². The molecule has 0 atom stereocenters. The van der Waals surface area contributed by atoms with Gasteiger partial charge in [-0.25, -0.2) is 0 Å². The summed E-state index contributed by atoms with van der Waals surface area (Å²) in [5.74, 6) is 0.802. The van der Waals surface area contributed by atoms with E-state index < -0.39 is 0 Å². The van der Waals surface area contributed by atoms with Gasteiger partial charge in [0, 0.05) is 20.7 Å². The molecule has 19 heavy (non-hydrogen) atoms. The van der Waals surface area contributed by atoms with Crippen molar-refractivity contribution in [2.75, 3.05) is 5.73 Å². The molecule has 2 aromatic carbocycles. The molecule has 0 amide bonds. The lowest BCUT2D eigenvalue weighted by atomic mass is 10.1. The maximum atomic E-state index is 6.08. The third kappa shape index (κ3) is 3.43. The number of hydrogen-bond donors (Lipinski definition) is 1. The molecule has 100 valence electrons. The zero-order chi connectivity index (χ0) is 13.8. The summed E-state index contributed by atoms with van der Waals surface area (Å²) in [7, 11) is 0. The van der Waals surface area contributed by atoms with Crippen molar-refractivity contribution in [3.63, 3.8) is 0 Å². The zero-order valence-electron chi connectivity index (χ0n) is 10.6. The topological polar surface area (TPSA) is 35.2 Å². The van der Waals surface area contributed by atoms with E-state index in [1.54, 1.807) is 0 Å². The zero-order valence-corrected chi connectivity index (χ0v) is 13.0. The molecule has 0 aliphatic heterocycles. The smallest absolute Gasteiger partial charge is 0.120 e. The predicted octanol–water partition coefficient (Wildman–Crippen LogP) is 4.83. The van der Waals surface area contributed by atoms with Gasteiger partial charge in [-0.15, -0.1) is 0 Å². The lowest BCUT2D eigenvalue weighted by Gasteiger charge is -2.11. The van der Waals surface area contributed by atoms with Gasteiger partial charge in [0.25, 0.3) is 0 Å². The fraction of sp³-hybridized carbons (Fsp3) is 0.200. The maximum Gasteiger partial charge on any atom is 0.120 e. The summed E-state index contributed by atoms with van der Waals surface area (Å²) in [5, 5.41) is 0.773. The molecule has 0 aliphatic rings. The third-order valence-electron chi connectivity index (χ3n) is 2.94. The Hall–Kier alpha value is -1.19. The van der Waals surface area contributed by atoms with Crippen LogP contribution in [0.15, 0.2) is 40.9 Å². The molecule has 0 unspecified atom stereocenters. The molecule has 0 bridgehead atoms. The number of hydrogen-bond acceptors (Lipinski definition) is 2. The third-order valence-corrected chi connectivity index (χ3v) is 4.05. The van der Waals surface area contributed by atoms with Crippen molar-refractivity contribution in [2.24, 2.45) is 0 Å². The van der Waals surface area contributed by atoms with Crippen LogP contribution in [0.5, 0.6) is 5.75 Å². The van der Waals surface area contributed by atoms with Gasteiger partial charge in [0.05, 0.1) is 0 Å². The van der Waals surface area contributed by atoms with Gasteiger partial charge >= 0.3 is 0 Å². The lowest BCUT2D eigenvalue weighted by Crippen LogP contribution is -2.01. The summed E-state index contributed by atoms with van der Waals surface area (Å²) in [4.78, 5) is 0. The molecule has 4 heteroatoms. The van der Waals surface area contributed by atoms with Crippen LogP contribution in [0.25, 0.3) is 0 Å². The molecule has 2 N–H and O–H groups in total. The van der Waals surface area contributed by atoms with Crippen molar-refractivity contribution in [3.05, 3.63) is 57.0 Å². The molecule has 0 aliphatic carbocycles. The molecule has 0 heterocycles. The van der Waals surface area contributed by atoms with Crippen molar-refractivity contribution in [1.29, 1.82) is 0 Å². The second-order valence-electron chi connectivity index (χ2n) is 4.20.